The van der Waals surface area contributed by atoms with E-state index < -0.39 is 0 Å². The molecule has 2 saturated heterocycles. The molecule has 1 atom stereocenters. The monoisotopic (exact) mass is 308 g/mol. The molecule has 4 heteroatoms. The van der Waals surface area contributed by atoms with E-state index in [0.717, 1.165) is 26.2 Å². The van der Waals surface area contributed by atoms with Crippen molar-refractivity contribution < 1.29 is 9.53 Å². The first kappa shape index (κ1) is 16.3. The minimum Gasteiger partial charge on any atom is -0.381 e. The van der Waals surface area contributed by atoms with Crippen LogP contribution in [0, 0.1) is 5.92 Å². The zero-order chi connectivity index (χ0) is 15.3. The number of hydrogen-bond acceptors (Lipinski definition) is 3. The van der Waals surface area contributed by atoms with Crippen LogP contribution in [0.15, 0.2) is 0 Å². The van der Waals surface area contributed by atoms with E-state index in [0.29, 0.717) is 12.3 Å². The van der Waals surface area contributed by atoms with Gasteiger partial charge in [-0.2, -0.15) is 0 Å². The van der Waals surface area contributed by atoms with E-state index in [4.69, 9.17) is 4.74 Å². The molecule has 0 bridgehead atoms. The van der Waals surface area contributed by atoms with Gasteiger partial charge in [0, 0.05) is 31.7 Å². The molecule has 126 valence electrons. The van der Waals surface area contributed by atoms with Crippen LogP contribution in [0.3, 0.4) is 0 Å². The van der Waals surface area contributed by atoms with Gasteiger partial charge < -0.3 is 10.1 Å². The van der Waals surface area contributed by atoms with Gasteiger partial charge in [-0.25, -0.2) is 0 Å². The fraction of sp³-hybridized carbons (Fsp3) is 0.944. The van der Waals surface area contributed by atoms with Gasteiger partial charge in [-0.3, -0.25) is 9.69 Å². The topological polar surface area (TPSA) is 41.6 Å². The van der Waals surface area contributed by atoms with Gasteiger partial charge in [0.1, 0.15) is 0 Å². The predicted octanol–water partition coefficient (Wildman–Crippen LogP) is 2.72. The van der Waals surface area contributed by atoms with Crippen molar-refractivity contribution in [1.82, 2.24) is 10.2 Å². The average molecular weight is 308 g/mol. The standard InChI is InChI=1S/C18H32N2O2/c21-17(13-16-7-12-22-14-16)19-15-18(8-3-1-4-9-18)20-10-5-2-6-11-20/h16H,1-15H2,(H,19,21)/t16-/m1/s1. The molecule has 1 N–H and O–H groups in total. The second-order valence-electron chi connectivity index (χ2n) is 7.54. The minimum absolute atomic E-state index is 0.234. The van der Waals surface area contributed by atoms with E-state index in [1.807, 2.05) is 0 Å². The van der Waals surface area contributed by atoms with Crippen molar-refractivity contribution in [2.75, 3.05) is 32.8 Å². The second kappa shape index (κ2) is 7.78. The highest BCUT2D eigenvalue weighted by atomic mass is 16.5. The van der Waals surface area contributed by atoms with E-state index in [-0.39, 0.29) is 11.4 Å². The molecule has 1 amide bonds. The van der Waals surface area contributed by atoms with Crippen molar-refractivity contribution in [3.05, 3.63) is 0 Å². The van der Waals surface area contributed by atoms with Crippen molar-refractivity contribution in [2.24, 2.45) is 5.92 Å². The van der Waals surface area contributed by atoms with Gasteiger partial charge in [0.2, 0.25) is 5.91 Å². The van der Waals surface area contributed by atoms with E-state index in [1.54, 1.807) is 0 Å². The Morgan fingerprint density at radius 2 is 1.82 bits per heavy atom. The smallest absolute Gasteiger partial charge is 0.220 e. The van der Waals surface area contributed by atoms with Gasteiger partial charge in [0.15, 0.2) is 0 Å². The lowest BCUT2D eigenvalue weighted by Crippen LogP contribution is -2.58. The van der Waals surface area contributed by atoms with Crippen molar-refractivity contribution >= 4 is 5.91 Å². The van der Waals surface area contributed by atoms with Crippen LogP contribution in [0.1, 0.15) is 64.2 Å². The number of nitrogens with one attached hydrogen (secondary N) is 1. The first-order valence-electron chi connectivity index (χ1n) is 9.38. The van der Waals surface area contributed by atoms with Crippen molar-refractivity contribution in [2.45, 2.75) is 69.7 Å². The van der Waals surface area contributed by atoms with Crippen LogP contribution < -0.4 is 5.32 Å². The van der Waals surface area contributed by atoms with E-state index >= 15 is 0 Å². The molecule has 0 aromatic rings. The quantitative estimate of drug-likeness (QED) is 0.849. The molecular formula is C18H32N2O2. The Bertz CT molecular complexity index is 354. The third-order valence-corrected chi connectivity index (χ3v) is 5.92. The molecule has 3 rings (SSSR count). The second-order valence-corrected chi connectivity index (χ2v) is 7.54. The van der Waals surface area contributed by atoms with Crippen LogP contribution in [-0.4, -0.2) is 49.2 Å². The Hall–Kier alpha value is -0.610. The number of carbonyl (C=O) groups is 1. The zero-order valence-corrected chi connectivity index (χ0v) is 13.9. The number of hydrogen-bond donors (Lipinski definition) is 1. The van der Waals surface area contributed by atoms with Gasteiger partial charge in [0.05, 0.1) is 0 Å². The lowest BCUT2D eigenvalue weighted by molar-refractivity contribution is -0.123. The Labute approximate surface area is 135 Å². The summed E-state index contributed by atoms with van der Waals surface area (Å²) < 4.78 is 5.38. The molecule has 2 aliphatic heterocycles. The van der Waals surface area contributed by atoms with Crippen LogP contribution in [0.25, 0.3) is 0 Å². The summed E-state index contributed by atoms with van der Waals surface area (Å²) in [6.45, 7) is 4.92. The van der Waals surface area contributed by atoms with E-state index in [1.165, 1.54) is 64.5 Å². The Morgan fingerprint density at radius 1 is 1.09 bits per heavy atom. The molecule has 2 heterocycles. The van der Waals surface area contributed by atoms with Crippen molar-refractivity contribution in [3.8, 4) is 0 Å². The molecule has 1 aliphatic carbocycles. The molecule has 0 radical (unpaired) electrons. The Kier molecular flexibility index (Phi) is 5.75. The summed E-state index contributed by atoms with van der Waals surface area (Å²) in [5, 5.41) is 3.28. The van der Waals surface area contributed by atoms with Crippen molar-refractivity contribution in [3.63, 3.8) is 0 Å². The molecule has 0 unspecified atom stereocenters. The molecule has 0 aromatic heterocycles. The summed E-state index contributed by atoms with van der Waals surface area (Å²) in [5.41, 5.74) is 0.251. The van der Waals surface area contributed by atoms with E-state index in [2.05, 4.69) is 10.2 Å². The predicted molar refractivity (Wildman–Crippen MR) is 87.8 cm³/mol. The highest BCUT2D eigenvalue weighted by molar-refractivity contribution is 5.76. The maximum Gasteiger partial charge on any atom is 0.220 e. The summed E-state index contributed by atoms with van der Waals surface area (Å²) in [7, 11) is 0. The van der Waals surface area contributed by atoms with Crippen LogP contribution in [0.4, 0.5) is 0 Å². The molecule has 4 nitrogen and oxygen atoms in total. The normalized spacial score (nSPS) is 29.4. The Balaban J connectivity index is 1.53. The fourth-order valence-electron chi connectivity index (χ4n) is 4.52. The number of ether oxygens (including phenoxy) is 1. The summed E-state index contributed by atoms with van der Waals surface area (Å²) in [5.74, 6) is 0.676. The molecule has 0 spiro atoms. The summed E-state index contributed by atoms with van der Waals surface area (Å²) in [6.07, 6.45) is 12.3. The largest absolute Gasteiger partial charge is 0.381 e. The number of carbonyl (C=O) groups excluding carboxylic acids is 1. The highest BCUT2D eigenvalue weighted by Crippen LogP contribution is 2.35. The highest BCUT2D eigenvalue weighted by Gasteiger charge is 2.38. The van der Waals surface area contributed by atoms with Gasteiger partial charge in [-0.1, -0.05) is 25.7 Å². The number of piperidine rings is 1. The Morgan fingerprint density at radius 3 is 2.50 bits per heavy atom. The van der Waals surface area contributed by atoms with Gasteiger partial charge >= 0.3 is 0 Å². The third-order valence-electron chi connectivity index (χ3n) is 5.92. The van der Waals surface area contributed by atoms with E-state index in [9.17, 15) is 4.79 Å². The number of rotatable bonds is 5. The summed E-state index contributed by atoms with van der Waals surface area (Å²) >= 11 is 0. The maximum absolute atomic E-state index is 12.3. The lowest BCUT2D eigenvalue weighted by atomic mass is 9.79. The van der Waals surface area contributed by atoms with Crippen LogP contribution in [0.2, 0.25) is 0 Å². The molecule has 0 aromatic carbocycles. The average Bonchev–Trinajstić information content (AvgIpc) is 3.08. The maximum atomic E-state index is 12.3. The third kappa shape index (κ3) is 4.02. The van der Waals surface area contributed by atoms with Gasteiger partial charge in [-0.15, -0.1) is 0 Å². The SMILES string of the molecule is O=C(C[C@H]1CCOC1)NCC1(N2CCCCC2)CCCCC1. The molecule has 3 aliphatic rings. The number of amides is 1. The lowest BCUT2D eigenvalue weighted by Gasteiger charge is -2.48. The number of likely N-dealkylation sites (tertiary alicyclic amines) is 1. The van der Waals surface area contributed by atoms with Gasteiger partial charge in [-0.05, 0) is 51.1 Å². The first-order chi connectivity index (χ1) is 10.8. The molecule has 22 heavy (non-hydrogen) atoms. The summed E-state index contributed by atoms with van der Waals surface area (Å²) in [6, 6.07) is 0. The number of nitrogens with zero attached hydrogens (tertiary/aromatic N) is 1. The summed E-state index contributed by atoms with van der Waals surface area (Å²) in [4.78, 5) is 15.0. The molecule has 3 fully saturated rings. The first-order valence-corrected chi connectivity index (χ1v) is 9.38. The van der Waals surface area contributed by atoms with Gasteiger partial charge in [0.25, 0.3) is 0 Å². The van der Waals surface area contributed by atoms with Crippen molar-refractivity contribution in [1.29, 1.82) is 0 Å². The van der Waals surface area contributed by atoms with Crippen LogP contribution in [-0.2, 0) is 9.53 Å². The van der Waals surface area contributed by atoms with Crippen LogP contribution >= 0.6 is 0 Å². The zero-order valence-electron chi connectivity index (χ0n) is 13.9. The fourth-order valence-corrected chi connectivity index (χ4v) is 4.52. The molecule has 1 saturated carbocycles. The van der Waals surface area contributed by atoms with Crippen LogP contribution in [0.5, 0.6) is 0 Å². The minimum atomic E-state index is 0.234. The molecular weight excluding hydrogens is 276 g/mol.